The Bertz CT molecular complexity index is 845. The largest absolute Gasteiger partial charge is 0.481 e. The monoisotopic (exact) mass is 386 g/mol. The Morgan fingerprint density at radius 3 is 2.30 bits per heavy atom. The number of nitrogens with one attached hydrogen (secondary N) is 1. The second-order valence-electron chi connectivity index (χ2n) is 5.41. The number of alkyl halides is 3. The molecule has 1 aromatic heterocycles. The standard InChI is InChI=1S/C16H13F3N2O6/c17-16(18,19)9-3-1-8(2-4-9)14-21-11(7-27-14)13(24)20-10(15(25)26)5-6-12(22)23/h1-4,7,10H,5-6H2,(H,20,24)(H,22,23)(H,25,26). The van der Waals surface area contributed by atoms with Crippen LogP contribution in [0.4, 0.5) is 13.2 Å². The third-order valence-corrected chi connectivity index (χ3v) is 3.45. The molecule has 0 fully saturated rings. The molecule has 2 rings (SSSR count). The summed E-state index contributed by atoms with van der Waals surface area (Å²) in [5.74, 6) is -3.70. The first-order chi connectivity index (χ1) is 12.6. The Hall–Kier alpha value is -3.37. The Labute approximate surface area is 149 Å². The number of aromatic nitrogens is 1. The number of halogens is 3. The highest BCUT2D eigenvalue weighted by atomic mass is 19.4. The van der Waals surface area contributed by atoms with E-state index in [0.29, 0.717) is 0 Å². The van der Waals surface area contributed by atoms with Gasteiger partial charge in [-0.15, -0.1) is 0 Å². The van der Waals surface area contributed by atoms with E-state index in [2.05, 4.69) is 10.3 Å². The predicted molar refractivity (Wildman–Crippen MR) is 82.7 cm³/mol. The molecular formula is C16H13F3N2O6. The van der Waals surface area contributed by atoms with Crippen LogP contribution in [0.5, 0.6) is 0 Å². The second kappa shape index (κ2) is 7.89. The molecule has 0 radical (unpaired) electrons. The fraction of sp³-hybridized carbons (Fsp3) is 0.250. The average Bonchev–Trinajstić information content (AvgIpc) is 3.07. The van der Waals surface area contributed by atoms with Gasteiger partial charge in [0, 0.05) is 12.0 Å². The molecule has 8 nitrogen and oxygen atoms in total. The number of hydrogen-bond acceptors (Lipinski definition) is 5. The van der Waals surface area contributed by atoms with Gasteiger partial charge in [-0.2, -0.15) is 13.2 Å². The van der Waals surface area contributed by atoms with Crippen molar-refractivity contribution in [2.24, 2.45) is 0 Å². The molecule has 1 atom stereocenters. The zero-order valence-corrected chi connectivity index (χ0v) is 13.5. The smallest absolute Gasteiger partial charge is 0.416 e. The van der Waals surface area contributed by atoms with Crippen LogP contribution >= 0.6 is 0 Å². The van der Waals surface area contributed by atoms with Gasteiger partial charge in [-0.3, -0.25) is 9.59 Å². The van der Waals surface area contributed by atoms with Crippen LogP contribution in [0.25, 0.3) is 11.5 Å². The summed E-state index contributed by atoms with van der Waals surface area (Å²) in [7, 11) is 0. The van der Waals surface area contributed by atoms with Crippen LogP contribution in [-0.2, 0) is 15.8 Å². The third kappa shape index (κ3) is 5.30. The SMILES string of the molecule is O=C(O)CCC(NC(=O)c1coc(-c2ccc(C(F)(F)F)cc2)n1)C(=O)O. The number of carbonyl (C=O) groups excluding carboxylic acids is 1. The summed E-state index contributed by atoms with van der Waals surface area (Å²) in [6.07, 6.45) is -4.38. The molecule has 3 N–H and O–H groups in total. The molecule has 1 aromatic carbocycles. The maximum absolute atomic E-state index is 12.6. The fourth-order valence-electron chi connectivity index (χ4n) is 2.07. The lowest BCUT2D eigenvalue weighted by atomic mass is 10.1. The second-order valence-corrected chi connectivity index (χ2v) is 5.41. The van der Waals surface area contributed by atoms with Crippen LogP contribution < -0.4 is 5.32 Å². The number of oxazole rings is 1. The quantitative estimate of drug-likeness (QED) is 0.666. The van der Waals surface area contributed by atoms with Gasteiger partial charge in [-0.1, -0.05) is 0 Å². The lowest BCUT2D eigenvalue weighted by Crippen LogP contribution is -2.41. The van der Waals surface area contributed by atoms with Crippen LogP contribution in [0.3, 0.4) is 0 Å². The van der Waals surface area contributed by atoms with Crippen molar-refractivity contribution in [3.8, 4) is 11.5 Å². The van der Waals surface area contributed by atoms with Crippen molar-refractivity contribution in [3.63, 3.8) is 0 Å². The van der Waals surface area contributed by atoms with Crippen LogP contribution in [0.15, 0.2) is 34.9 Å². The fourth-order valence-corrected chi connectivity index (χ4v) is 2.07. The molecule has 0 bridgehead atoms. The first-order valence-electron chi connectivity index (χ1n) is 7.46. The van der Waals surface area contributed by atoms with Crippen molar-refractivity contribution in [3.05, 3.63) is 41.8 Å². The Balaban J connectivity index is 2.10. The number of aliphatic carboxylic acids is 2. The zero-order valence-electron chi connectivity index (χ0n) is 13.5. The summed E-state index contributed by atoms with van der Waals surface area (Å²) in [6.45, 7) is 0. The maximum Gasteiger partial charge on any atom is 0.416 e. The van der Waals surface area contributed by atoms with Gasteiger partial charge < -0.3 is 19.9 Å². The highest BCUT2D eigenvalue weighted by Gasteiger charge is 2.30. The summed E-state index contributed by atoms with van der Waals surface area (Å²) in [5.41, 5.74) is -0.979. The molecule has 27 heavy (non-hydrogen) atoms. The van der Waals surface area contributed by atoms with Crippen molar-refractivity contribution in [1.82, 2.24) is 10.3 Å². The highest BCUT2D eigenvalue weighted by molar-refractivity contribution is 5.95. The van der Waals surface area contributed by atoms with E-state index in [9.17, 15) is 27.6 Å². The van der Waals surface area contributed by atoms with Crippen LogP contribution in [0.1, 0.15) is 28.9 Å². The van der Waals surface area contributed by atoms with Gasteiger partial charge in [0.1, 0.15) is 12.3 Å². The van der Waals surface area contributed by atoms with E-state index in [-0.39, 0.29) is 23.6 Å². The van der Waals surface area contributed by atoms with Gasteiger partial charge in [0.15, 0.2) is 5.69 Å². The molecule has 1 heterocycles. The van der Waals surface area contributed by atoms with E-state index < -0.39 is 42.0 Å². The number of benzene rings is 1. The van der Waals surface area contributed by atoms with Crippen molar-refractivity contribution in [2.75, 3.05) is 0 Å². The number of rotatable bonds is 7. The van der Waals surface area contributed by atoms with Crippen molar-refractivity contribution < 1.29 is 42.2 Å². The lowest BCUT2D eigenvalue weighted by Gasteiger charge is -2.12. The highest BCUT2D eigenvalue weighted by Crippen LogP contribution is 2.30. The molecule has 1 unspecified atom stereocenters. The van der Waals surface area contributed by atoms with Gasteiger partial charge >= 0.3 is 18.1 Å². The van der Waals surface area contributed by atoms with E-state index >= 15 is 0 Å². The molecule has 11 heteroatoms. The molecule has 2 aromatic rings. The minimum Gasteiger partial charge on any atom is -0.481 e. The van der Waals surface area contributed by atoms with Crippen LogP contribution in [0.2, 0.25) is 0 Å². The van der Waals surface area contributed by atoms with E-state index in [1.54, 1.807) is 0 Å². The van der Waals surface area contributed by atoms with Gasteiger partial charge in [0.2, 0.25) is 5.89 Å². The molecule has 0 saturated carbocycles. The van der Waals surface area contributed by atoms with E-state index in [1.165, 1.54) is 0 Å². The number of carbonyl (C=O) groups is 3. The molecule has 0 spiro atoms. The Morgan fingerprint density at radius 1 is 1.15 bits per heavy atom. The molecule has 0 aliphatic heterocycles. The molecule has 144 valence electrons. The van der Waals surface area contributed by atoms with E-state index in [1.807, 2.05) is 0 Å². The Kier molecular flexibility index (Phi) is 5.83. The van der Waals surface area contributed by atoms with Gasteiger partial charge in [0.25, 0.3) is 5.91 Å². The predicted octanol–water partition coefficient (Wildman–Crippen LogP) is 2.41. The number of carboxylic acid groups (broad SMARTS) is 2. The third-order valence-electron chi connectivity index (χ3n) is 3.45. The summed E-state index contributed by atoms with van der Waals surface area (Å²) < 4.78 is 42.7. The van der Waals surface area contributed by atoms with Crippen LogP contribution in [0, 0.1) is 0 Å². The van der Waals surface area contributed by atoms with Crippen molar-refractivity contribution >= 4 is 17.8 Å². The van der Waals surface area contributed by atoms with Crippen molar-refractivity contribution in [2.45, 2.75) is 25.1 Å². The normalized spacial score (nSPS) is 12.4. The first kappa shape index (κ1) is 19.9. The first-order valence-corrected chi connectivity index (χ1v) is 7.46. The maximum atomic E-state index is 12.6. The number of hydrogen-bond donors (Lipinski definition) is 3. The minimum absolute atomic E-state index is 0.133. The van der Waals surface area contributed by atoms with Crippen molar-refractivity contribution in [1.29, 1.82) is 0 Å². The summed E-state index contributed by atoms with van der Waals surface area (Å²) in [5, 5.41) is 19.7. The zero-order chi connectivity index (χ0) is 20.2. The molecule has 1 amide bonds. The van der Waals surface area contributed by atoms with Crippen LogP contribution in [-0.4, -0.2) is 39.1 Å². The molecule has 0 aliphatic carbocycles. The van der Waals surface area contributed by atoms with Gasteiger partial charge in [-0.05, 0) is 30.7 Å². The molecule has 0 saturated heterocycles. The van der Waals surface area contributed by atoms with E-state index in [4.69, 9.17) is 14.6 Å². The lowest BCUT2D eigenvalue weighted by molar-refractivity contribution is -0.141. The minimum atomic E-state index is -4.50. The number of carboxylic acids is 2. The summed E-state index contributed by atoms with van der Waals surface area (Å²) in [6, 6.07) is 2.43. The van der Waals surface area contributed by atoms with Gasteiger partial charge in [0.05, 0.1) is 5.56 Å². The number of nitrogens with zero attached hydrogens (tertiary/aromatic N) is 1. The summed E-state index contributed by atoms with van der Waals surface area (Å²) in [4.78, 5) is 37.5. The summed E-state index contributed by atoms with van der Waals surface area (Å²) >= 11 is 0. The average molecular weight is 386 g/mol. The molecule has 0 aliphatic rings. The Morgan fingerprint density at radius 2 is 1.78 bits per heavy atom. The topological polar surface area (TPSA) is 130 Å². The molecular weight excluding hydrogens is 373 g/mol. The number of amides is 1. The van der Waals surface area contributed by atoms with Gasteiger partial charge in [-0.25, -0.2) is 9.78 Å². The van der Waals surface area contributed by atoms with E-state index in [0.717, 1.165) is 30.5 Å².